The van der Waals surface area contributed by atoms with Crippen LogP contribution in [0.2, 0.25) is 0 Å². The number of hydrogen-bond acceptors (Lipinski definition) is 7. The fourth-order valence-corrected chi connectivity index (χ4v) is 3.32. The Labute approximate surface area is 135 Å². The fraction of sp³-hybridized carbons (Fsp3) is 0.688. The van der Waals surface area contributed by atoms with Crippen LogP contribution < -0.4 is 0 Å². The molecule has 2 aliphatic rings. The van der Waals surface area contributed by atoms with Gasteiger partial charge >= 0.3 is 0 Å². The largest absolute Gasteiger partial charge is 0.380 e. The van der Waals surface area contributed by atoms with E-state index in [-0.39, 0.29) is 6.10 Å². The van der Waals surface area contributed by atoms with Crippen LogP contribution in [0.4, 0.5) is 0 Å². The van der Waals surface area contributed by atoms with Crippen molar-refractivity contribution < 1.29 is 13.8 Å². The zero-order chi connectivity index (χ0) is 15.8. The third-order valence-electron chi connectivity index (χ3n) is 4.68. The van der Waals surface area contributed by atoms with Crippen molar-refractivity contribution in [3.63, 3.8) is 0 Å². The molecule has 0 aromatic carbocycles. The van der Waals surface area contributed by atoms with Gasteiger partial charge in [0.2, 0.25) is 5.89 Å². The van der Waals surface area contributed by atoms with Gasteiger partial charge in [-0.2, -0.15) is 4.98 Å². The number of aromatic nitrogens is 3. The van der Waals surface area contributed by atoms with E-state index in [0.29, 0.717) is 24.3 Å². The van der Waals surface area contributed by atoms with Crippen LogP contribution in [0.5, 0.6) is 0 Å². The molecule has 2 aromatic heterocycles. The third-order valence-corrected chi connectivity index (χ3v) is 4.68. The van der Waals surface area contributed by atoms with Crippen LogP contribution in [0.15, 0.2) is 15.1 Å². The Bertz CT molecular complexity index is 664. The monoisotopic (exact) mass is 318 g/mol. The highest BCUT2D eigenvalue weighted by Gasteiger charge is 2.35. The minimum absolute atomic E-state index is 0.186. The molecule has 7 heteroatoms. The minimum Gasteiger partial charge on any atom is -0.380 e. The van der Waals surface area contributed by atoms with Crippen LogP contribution in [0.1, 0.15) is 41.9 Å². The van der Waals surface area contributed by atoms with Gasteiger partial charge in [-0.05, 0) is 19.8 Å². The number of rotatable bonds is 6. The molecule has 0 spiro atoms. The summed E-state index contributed by atoms with van der Waals surface area (Å²) in [5.41, 5.74) is 0.919. The van der Waals surface area contributed by atoms with E-state index in [1.54, 1.807) is 7.11 Å². The van der Waals surface area contributed by atoms with Crippen molar-refractivity contribution in [2.24, 2.45) is 5.92 Å². The second-order valence-electron chi connectivity index (χ2n) is 6.69. The van der Waals surface area contributed by atoms with E-state index in [9.17, 15) is 0 Å². The van der Waals surface area contributed by atoms with E-state index in [2.05, 4.69) is 20.2 Å². The number of ether oxygens (including phenoxy) is 1. The Morgan fingerprint density at radius 3 is 2.83 bits per heavy atom. The van der Waals surface area contributed by atoms with Gasteiger partial charge in [0, 0.05) is 44.5 Å². The van der Waals surface area contributed by atoms with Gasteiger partial charge in [0.05, 0.1) is 18.3 Å². The van der Waals surface area contributed by atoms with Gasteiger partial charge in [-0.25, -0.2) is 0 Å². The molecule has 0 bridgehead atoms. The Morgan fingerprint density at radius 2 is 2.13 bits per heavy atom. The second-order valence-corrected chi connectivity index (χ2v) is 6.69. The van der Waals surface area contributed by atoms with Crippen LogP contribution in [-0.2, 0) is 17.7 Å². The van der Waals surface area contributed by atoms with Gasteiger partial charge in [0.1, 0.15) is 5.76 Å². The lowest BCUT2D eigenvalue weighted by atomic mass is 10.0. The molecule has 0 unspecified atom stereocenters. The number of nitrogens with zero attached hydrogens (tertiary/aromatic N) is 4. The van der Waals surface area contributed by atoms with Crippen LogP contribution >= 0.6 is 0 Å². The zero-order valence-corrected chi connectivity index (χ0v) is 13.6. The predicted molar refractivity (Wildman–Crippen MR) is 80.8 cm³/mol. The van der Waals surface area contributed by atoms with E-state index >= 15 is 0 Å². The molecule has 2 aromatic rings. The van der Waals surface area contributed by atoms with Gasteiger partial charge in [-0.15, -0.1) is 0 Å². The number of aryl methyl sites for hydroxylation is 1. The molecular weight excluding hydrogens is 296 g/mol. The van der Waals surface area contributed by atoms with Crippen molar-refractivity contribution in [2.45, 2.75) is 44.8 Å². The average molecular weight is 318 g/mol. The van der Waals surface area contributed by atoms with Crippen molar-refractivity contribution >= 4 is 0 Å². The zero-order valence-electron chi connectivity index (χ0n) is 13.6. The summed E-state index contributed by atoms with van der Waals surface area (Å²) in [6, 6.07) is 2.00. The summed E-state index contributed by atoms with van der Waals surface area (Å²) in [6.45, 7) is 4.43. The Hall–Kier alpha value is -1.73. The highest BCUT2D eigenvalue weighted by Crippen LogP contribution is 2.38. The lowest BCUT2D eigenvalue weighted by Gasteiger charge is -2.14. The van der Waals surface area contributed by atoms with Gasteiger partial charge in [-0.3, -0.25) is 4.90 Å². The number of hydrogen-bond donors (Lipinski definition) is 0. The number of likely N-dealkylation sites (tertiary alicyclic amines) is 1. The summed E-state index contributed by atoms with van der Waals surface area (Å²) in [4.78, 5) is 6.82. The van der Waals surface area contributed by atoms with E-state index in [0.717, 1.165) is 36.8 Å². The minimum atomic E-state index is 0.186. The molecule has 0 radical (unpaired) electrons. The molecule has 3 heterocycles. The van der Waals surface area contributed by atoms with E-state index in [1.165, 1.54) is 12.8 Å². The summed E-state index contributed by atoms with van der Waals surface area (Å²) in [6.07, 6.45) is 3.40. The van der Waals surface area contributed by atoms with Gasteiger partial charge in [0.25, 0.3) is 0 Å². The summed E-state index contributed by atoms with van der Waals surface area (Å²) >= 11 is 0. The van der Waals surface area contributed by atoms with Gasteiger partial charge in [-0.1, -0.05) is 10.3 Å². The molecule has 124 valence electrons. The first-order chi connectivity index (χ1) is 11.2. The highest BCUT2D eigenvalue weighted by atomic mass is 16.5. The summed E-state index contributed by atoms with van der Waals surface area (Å²) in [5, 5.41) is 8.04. The summed E-state index contributed by atoms with van der Waals surface area (Å²) in [7, 11) is 1.77. The van der Waals surface area contributed by atoms with Crippen molar-refractivity contribution in [1.82, 2.24) is 20.2 Å². The standard InChI is InChI=1S/C16H22N4O3/c1-10-5-13(22-18-10)6-12-7-20(8-14(12)21-2)9-15-17-16(19-23-15)11-3-4-11/h5,11-12,14H,3-4,6-9H2,1-2H3/t12-,14+/m1/s1. The molecule has 2 fully saturated rings. The second kappa shape index (κ2) is 6.05. The maximum absolute atomic E-state index is 5.65. The first-order valence-electron chi connectivity index (χ1n) is 8.21. The molecule has 0 amide bonds. The van der Waals surface area contributed by atoms with Crippen molar-refractivity contribution in [3.8, 4) is 0 Å². The van der Waals surface area contributed by atoms with Crippen LogP contribution in [-0.4, -0.2) is 46.5 Å². The molecule has 7 nitrogen and oxygen atoms in total. The SMILES string of the molecule is CO[C@H]1CN(Cc2nc(C3CC3)no2)C[C@H]1Cc1cc(C)no1. The summed E-state index contributed by atoms with van der Waals surface area (Å²) < 4.78 is 16.4. The molecule has 1 saturated carbocycles. The smallest absolute Gasteiger partial charge is 0.240 e. The highest BCUT2D eigenvalue weighted by molar-refractivity contribution is 5.06. The molecule has 1 aliphatic carbocycles. The fourth-order valence-electron chi connectivity index (χ4n) is 3.32. The maximum atomic E-state index is 5.65. The predicted octanol–water partition coefficient (Wildman–Crippen LogP) is 1.93. The van der Waals surface area contributed by atoms with Crippen LogP contribution in [0, 0.1) is 12.8 Å². The van der Waals surface area contributed by atoms with Crippen molar-refractivity contribution in [2.75, 3.05) is 20.2 Å². The topological polar surface area (TPSA) is 77.4 Å². The molecular formula is C16H22N4O3. The third kappa shape index (κ3) is 3.30. The average Bonchev–Trinajstić information content (AvgIpc) is 2.96. The Morgan fingerprint density at radius 1 is 1.26 bits per heavy atom. The quantitative estimate of drug-likeness (QED) is 0.805. The van der Waals surface area contributed by atoms with E-state index in [1.807, 2.05) is 13.0 Å². The lowest BCUT2D eigenvalue weighted by Crippen LogP contribution is -2.23. The molecule has 0 N–H and O–H groups in total. The van der Waals surface area contributed by atoms with Crippen molar-refractivity contribution in [3.05, 3.63) is 29.2 Å². The summed E-state index contributed by atoms with van der Waals surface area (Å²) in [5.74, 6) is 3.41. The normalized spacial score (nSPS) is 25.3. The first-order valence-corrected chi connectivity index (χ1v) is 8.21. The molecule has 2 atom stereocenters. The van der Waals surface area contributed by atoms with Gasteiger partial charge < -0.3 is 13.8 Å². The van der Waals surface area contributed by atoms with Crippen LogP contribution in [0.25, 0.3) is 0 Å². The molecule has 4 rings (SSSR count). The lowest BCUT2D eigenvalue weighted by molar-refractivity contribution is 0.0756. The van der Waals surface area contributed by atoms with E-state index < -0.39 is 0 Å². The molecule has 1 aliphatic heterocycles. The van der Waals surface area contributed by atoms with Crippen LogP contribution in [0.3, 0.4) is 0 Å². The maximum Gasteiger partial charge on any atom is 0.240 e. The Kier molecular flexibility index (Phi) is 3.90. The first kappa shape index (κ1) is 14.8. The Balaban J connectivity index is 1.38. The molecule has 1 saturated heterocycles. The van der Waals surface area contributed by atoms with Crippen molar-refractivity contribution in [1.29, 1.82) is 0 Å². The molecule has 23 heavy (non-hydrogen) atoms. The van der Waals surface area contributed by atoms with Gasteiger partial charge in [0.15, 0.2) is 5.82 Å². The number of methoxy groups -OCH3 is 1. The van der Waals surface area contributed by atoms with E-state index in [4.69, 9.17) is 13.8 Å².